The highest BCUT2D eigenvalue weighted by atomic mass is 16.3. The van der Waals surface area contributed by atoms with Gasteiger partial charge in [-0.25, -0.2) is 0 Å². The van der Waals surface area contributed by atoms with Crippen LogP contribution in [0.25, 0.3) is 0 Å². The van der Waals surface area contributed by atoms with Gasteiger partial charge in [0.15, 0.2) is 0 Å². The van der Waals surface area contributed by atoms with Crippen molar-refractivity contribution < 1.29 is 29.1 Å². The number of nitrogens with one attached hydrogen (secondary N) is 3. The molecule has 32 heavy (non-hydrogen) atoms. The monoisotopic (exact) mass is 444 g/mol. The second kappa shape index (κ2) is 12.4. The van der Waals surface area contributed by atoms with E-state index in [9.17, 15) is 24.0 Å². The molecule has 0 radical (unpaired) electrons. The van der Waals surface area contributed by atoms with Crippen molar-refractivity contribution in [2.24, 2.45) is 0 Å². The Bertz CT molecular complexity index is 863. The van der Waals surface area contributed by atoms with Crippen molar-refractivity contribution >= 4 is 35.2 Å². The SMILES string of the molecule is C[C@H](NC(=O)CNC(=O)CCCCCN1C(=O)C=CC1=O)C(=O)Nc1ccc(CO)cc1. The van der Waals surface area contributed by atoms with Crippen LogP contribution in [0.1, 0.15) is 38.2 Å². The third kappa shape index (κ3) is 7.95. The largest absolute Gasteiger partial charge is 0.392 e. The van der Waals surface area contributed by atoms with Gasteiger partial charge in [0.1, 0.15) is 6.04 Å². The number of nitrogens with zero attached hydrogens (tertiary/aromatic N) is 1. The minimum atomic E-state index is -0.803. The summed E-state index contributed by atoms with van der Waals surface area (Å²) in [6.45, 7) is 1.51. The van der Waals surface area contributed by atoms with Crippen molar-refractivity contribution in [2.45, 2.75) is 45.3 Å². The lowest BCUT2D eigenvalue weighted by molar-refractivity contribution is -0.137. The second-order valence-electron chi connectivity index (χ2n) is 7.38. The summed E-state index contributed by atoms with van der Waals surface area (Å²) in [6.07, 6.45) is 4.51. The smallest absolute Gasteiger partial charge is 0.253 e. The molecule has 2 rings (SSSR count). The summed E-state index contributed by atoms with van der Waals surface area (Å²) in [5.74, 6) is -1.83. The van der Waals surface area contributed by atoms with Gasteiger partial charge >= 0.3 is 0 Å². The van der Waals surface area contributed by atoms with Gasteiger partial charge in [0.25, 0.3) is 11.8 Å². The minimum absolute atomic E-state index is 0.0925. The molecular formula is C22H28N4O6. The van der Waals surface area contributed by atoms with Crippen molar-refractivity contribution in [3.05, 3.63) is 42.0 Å². The van der Waals surface area contributed by atoms with Crippen LogP contribution in [-0.2, 0) is 30.6 Å². The Balaban J connectivity index is 1.57. The lowest BCUT2D eigenvalue weighted by atomic mass is 10.2. The Hall–Kier alpha value is -3.53. The highest BCUT2D eigenvalue weighted by molar-refractivity contribution is 6.12. The molecule has 0 saturated carbocycles. The van der Waals surface area contributed by atoms with E-state index in [1.54, 1.807) is 24.3 Å². The molecule has 1 aromatic carbocycles. The van der Waals surface area contributed by atoms with Gasteiger partial charge in [-0.05, 0) is 37.5 Å². The maximum atomic E-state index is 12.2. The molecule has 0 bridgehead atoms. The summed E-state index contributed by atoms with van der Waals surface area (Å²) in [5.41, 5.74) is 1.26. The highest BCUT2D eigenvalue weighted by Gasteiger charge is 2.22. The Morgan fingerprint density at radius 1 is 0.969 bits per heavy atom. The number of amides is 5. The number of carbonyl (C=O) groups is 5. The maximum absolute atomic E-state index is 12.2. The summed E-state index contributed by atoms with van der Waals surface area (Å²) in [7, 11) is 0. The first kappa shape index (κ1) is 24.7. The first-order valence-corrected chi connectivity index (χ1v) is 10.4. The number of hydrogen-bond donors (Lipinski definition) is 4. The van der Waals surface area contributed by atoms with Gasteiger partial charge < -0.3 is 21.1 Å². The fourth-order valence-electron chi connectivity index (χ4n) is 2.95. The van der Waals surface area contributed by atoms with E-state index in [0.717, 1.165) is 4.90 Å². The summed E-state index contributed by atoms with van der Waals surface area (Å²) in [4.78, 5) is 60.0. The highest BCUT2D eigenvalue weighted by Crippen LogP contribution is 2.10. The number of unbranched alkanes of at least 4 members (excludes halogenated alkanes) is 2. The van der Waals surface area contributed by atoms with E-state index in [1.807, 2.05) is 0 Å². The third-order valence-electron chi connectivity index (χ3n) is 4.81. The van der Waals surface area contributed by atoms with Crippen LogP contribution in [0.5, 0.6) is 0 Å². The van der Waals surface area contributed by atoms with Crippen LogP contribution in [0.4, 0.5) is 5.69 Å². The quantitative estimate of drug-likeness (QED) is 0.268. The van der Waals surface area contributed by atoms with Crippen molar-refractivity contribution in [2.75, 3.05) is 18.4 Å². The Kier molecular flexibility index (Phi) is 9.55. The topological polar surface area (TPSA) is 145 Å². The molecule has 0 saturated heterocycles. The van der Waals surface area contributed by atoms with Crippen LogP contribution in [-0.4, -0.2) is 58.7 Å². The molecule has 0 spiro atoms. The molecule has 1 aliphatic rings. The normalized spacial score (nSPS) is 13.8. The van der Waals surface area contributed by atoms with Gasteiger partial charge in [-0.15, -0.1) is 0 Å². The molecular weight excluding hydrogens is 416 g/mol. The number of anilines is 1. The van der Waals surface area contributed by atoms with E-state index in [1.165, 1.54) is 19.1 Å². The van der Waals surface area contributed by atoms with Crippen molar-refractivity contribution in [1.29, 1.82) is 0 Å². The second-order valence-corrected chi connectivity index (χ2v) is 7.38. The zero-order chi connectivity index (χ0) is 23.5. The Labute approximate surface area is 186 Å². The number of hydrogen-bond acceptors (Lipinski definition) is 6. The summed E-state index contributed by atoms with van der Waals surface area (Å²) in [6, 6.07) is 5.85. The first-order valence-electron chi connectivity index (χ1n) is 10.4. The van der Waals surface area contributed by atoms with Crippen LogP contribution in [0.3, 0.4) is 0 Å². The van der Waals surface area contributed by atoms with Gasteiger partial charge in [-0.2, -0.15) is 0 Å². The summed E-state index contributed by atoms with van der Waals surface area (Å²) in [5, 5.41) is 16.7. The molecule has 1 aromatic rings. The molecule has 0 unspecified atom stereocenters. The van der Waals surface area contributed by atoms with E-state index >= 15 is 0 Å². The molecule has 10 heteroatoms. The molecule has 1 aliphatic heterocycles. The van der Waals surface area contributed by atoms with Crippen LogP contribution in [0.15, 0.2) is 36.4 Å². The van der Waals surface area contributed by atoms with E-state index in [-0.39, 0.29) is 37.3 Å². The summed E-state index contributed by atoms with van der Waals surface area (Å²) < 4.78 is 0. The zero-order valence-electron chi connectivity index (χ0n) is 17.9. The number of benzene rings is 1. The fourth-order valence-corrected chi connectivity index (χ4v) is 2.95. The van der Waals surface area contributed by atoms with Gasteiger partial charge in [-0.3, -0.25) is 28.9 Å². The number of imide groups is 1. The van der Waals surface area contributed by atoms with E-state index in [0.29, 0.717) is 37.1 Å². The van der Waals surface area contributed by atoms with Gasteiger partial charge in [0, 0.05) is 30.8 Å². The average molecular weight is 444 g/mol. The molecule has 0 aliphatic carbocycles. The van der Waals surface area contributed by atoms with Crippen molar-refractivity contribution in [3.8, 4) is 0 Å². The van der Waals surface area contributed by atoms with E-state index < -0.39 is 17.9 Å². The molecule has 1 heterocycles. The lowest BCUT2D eigenvalue weighted by Crippen LogP contribution is -2.45. The Morgan fingerprint density at radius 3 is 2.25 bits per heavy atom. The average Bonchev–Trinajstić information content (AvgIpc) is 3.10. The zero-order valence-corrected chi connectivity index (χ0v) is 17.9. The van der Waals surface area contributed by atoms with Crippen LogP contribution < -0.4 is 16.0 Å². The molecule has 5 amide bonds. The predicted molar refractivity (Wildman–Crippen MR) is 116 cm³/mol. The van der Waals surface area contributed by atoms with Crippen LogP contribution in [0, 0.1) is 0 Å². The lowest BCUT2D eigenvalue weighted by Gasteiger charge is -2.15. The minimum Gasteiger partial charge on any atom is -0.392 e. The number of aliphatic hydroxyl groups is 1. The van der Waals surface area contributed by atoms with Gasteiger partial charge in [0.2, 0.25) is 17.7 Å². The van der Waals surface area contributed by atoms with Crippen LogP contribution >= 0.6 is 0 Å². The number of rotatable bonds is 12. The van der Waals surface area contributed by atoms with Gasteiger partial charge in [-0.1, -0.05) is 18.6 Å². The molecule has 0 aromatic heterocycles. The molecule has 1 atom stereocenters. The van der Waals surface area contributed by atoms with E-state index in [2.05, 4.69) is 16.0 Å². The van der Waals surface area contributed by atoms with Gasteiger partial charge in [0.05, 0.1) is 13.2 Å². The van der Waals surface area contributed by atoms with E-state index in [4.69, 9.17) is 5.11 Å². The number of aliphatic hydroxyl groups excluding tert-OH is 1. The summed E-state index contributed by atoms with van der Waals surface area (Å²) >= 11 is 0. The molecule has 172 valence electrons. The standard InChI is InChI=1S/C22H28N4O6/c1-15(22(32)25-17-8-6-16(14-27)7-9-17)24-19(29)13-23-18(28)5-3-2-4-12-26-20(30)10-11-21(26)31/h6-11,15,27H,2-5,12-14H2,1H3,(H,23,28)(H,24,29)(H,25,32)/t15-/m0/s1. The first-order chi connectivity index (χ1) is 15.3. The fraction of sp³-hybridized carbons (Fsp3) is 0.409. The van der Waals surface area contributed by atoms with Crippen molar-refractivity contribution in [3.63, 3.8) is 0 Å². The molecule has 4 N–H and O–H groups in total. The third-order valence-corrected chi connectivity index (χ3v) is 4.81. The molecule has 10 nitrogen and oxygen atoms in total. The van der Waals surface area contributed by atoms with Crippen LogP contribution in [0.2, 0.25) is 0 Å². The molecule has 0 fully saturated rings. The van der Waals surface area contributed by atoms with Crippen molar-refractivity contribution in [1.82, 2.24) is 15.5 Å². The maximum Gasteiger partial charge on any atom is 0.253 e. The predicted octanol–water partition coefficient (Wildman–Crippen LogP) is 0.224. The number of carbonyl (C=O) groups excluding carboxylic acids is 5. The Morgan fingerprint density at radius 2 is 1.62 bits per heavy atom.